The molecule has 6 heteroatoms. The lowest BCUT2D eigenvalue weighted by molar-refractivity contribution is -0.139. The molecule has 0 heterocycles. The van der Waals surface area contributed by atoms with Gasteiger partial charge < -0.3 is 5.11 Å². The molecule has 2 aromatic rings. The van der Waals surface area contributed by atoms with Crippen molar-refractivity contribution in [2.45, 2.75) is 12.5 Å². The first-order valence-electron chi connectivity index (χ1n) is 6.79. The third-order valence-corrected chi connectivity index (χ3v) is 4.52. The zero-order valence-electron chi connectivity index (χ0n) is 11.8. The van der Waals surface area contributed by atoms with Gasteiger partial charge in [-0.2, -0.15) is 4.72 Å². The quantitative estimate of drug-likeness (QED) is 0.817. The molecule has 116 valence electrons. The monoisotopic (exact) mass is 319 g/mol. The Bertz CT molecular complexity index is 714. The van der Waals surface area contributed by atoms with Crippen LogP contribution in [0.5, 0.6) is 0 Å². The van der Waals surface area contributed by atoms with Gasteiger partial charge in [0, 0.05) is 0 Å². The van der Waals surface area contributed by atoms with Gasteiger partial charge in [0.05, 0.1) is 5.75 Å². The lowest BCUT2D eigenvalue weighted by Gasteiger charge is -2.15. The van der Waals surface area contributed by atoms with E-state index in [0.29, 0.717) is 12.0 Å². The Labute approximate surface area is 129 Å². The Hall–Kier alpha value is -2.18. The third kappa shape index (κ3) is 4.68. The molecule has 2 rings (SSSR count). The van der Waals surface area contributed by atoms with Gasteiger partial charge in [-0.25, -0.2) is 8.42 Å². The van der Waals surface area contributed by atoms with E-state index in [2.05, 4.69) is 4.72 Å². The van der Waals surface area contributed by atoms with E-state index >= 15 is 0 Å². The molecule has 0 aliphatic heterocycles. The fraction of sp³-hybridized carbons (Fsp3) is 0.188. The zero-order valence-corrected chi connectivity index (χ0v) is 12.7. The van der Waals surface area contributed by atoms with Crippen LogP contribution in [-0.2, 0) is 21.2 Å². The molecule has 0 unspecified atom stereocenters. The first kappa shape index (κ1) is 16.2. The molecule has 0 fully saturated rings. The average Bonchev–Trinajstić information content (AvgIpc) is 2.52. The Balaban J connectivity index is 2.07. The molecule has 2 aromatic carbocycles. The Morgan fingerprint density at radius 2 is 1.55 bits per heavy atom. The van der Waals surface area contributed by atoms with Gasteiger partial charge in [0.15, 0.2) is 0 Å². The van der Waals surface area contributed by atoms with Crippen molar-refractivity contribution in [1.29, 1.82) is 0 Å². The van der Waals surface area contributed by atoms with Crippen LogP contribution in [0.4, 0.5) is 0 Å². The highest BCUT2D eigenvalue weighted by Gasteiger charge is 2.25. The second-order valence-corrected chi connectivity index (χ2v) is 6.73. The number of carboxylic acids is 1. The Morgan fingerprint density at radius 3 is 2.09 bits per heavy atom. The van der Waals surface area contributed by atoms with Crippen LogP contribution in [0.1, 0.15) is 17.2 Å². The number of aliphatic carboxylic acids is 1. The van der Waals surface area contributed by atoms with Gasteiger partial charge in [0.1, 0.15) is 6.04 Å². The molecule has 0 spiro atoms. The number of hydrogen-bond donors (Lipinski definition) is 2. The van der Waals surface area contributed by atoms with Crippen LogP contribution >= 0.6 is 0 Å². The summed E-state index contributed by atoms with van der Waals surface area (Å²) in [5.41, 5.74) is 1.29. The van der Waals surface area contributed by atoms with Gasteiger partial charge in [0.25, 0.3) is 0 Å². The van der Waals surface area contributed by atoms with Crippen LogP contribution in [0.3, 0.4) is 0 Å². The molecule has 0 aliphatic carbocycles. The van der Waals surface area contributed by atoms with Gasteiger partial charge in [-0.05, 0) is 17.5 Å². The molecule has 0 radical (unpaired) electrons. The predicted octanol–water partition coefficient (Wildman–Crippen LogP) is 1.97. The fourth-order valence-electron chi connectivity index (χ4n) is 2.04. The summed E-state index contributed by atoms with van der Waals surface area (Å²) in [7, 11) is -3.70. The number of carbonyl (C=O) groups is 1. The molecular weight excluding hydrogens is 302 g/mol. The summed E-state index contributed by atoms with van der Waals surface area (Å²) >= 11 is 0. The summed E-state index contributed by atoms with van der Waals surface area (Å²) in [5.74, 6) is -1.39. The number of sulfonamides is 1. The minimum Gasteiger partial charge on any atom is -0.480 e. The van der Waals surface area contributed by atoms with Gasteiger partial charge in [-0.3, -0.25) is 4.79 Å². The molecule has 0 aromatic heterocycles. The van der Waals surface area contributed by atoms with E-state index in [1.807, 2.05) is 30.3 Å². The van der Waals surface area contributed by atoms with Crippen LogP contribution < -0.4 is 4.72 Å². The maximum Gasteiger partial charge on any atom is 0.326 e. The maximum absolute atomic E-state index is 12.1. The largest absolute Gasteiger partial charge is 0.480 e. The number of benzene rings is 2. The molecule has 0 saturated heterocycles. The van der Waals surface area contributed by atoms with Crippen LogP contribution in [-0.4, -0.2) is 25.2 Å². The first-order valence-corrected chi connectivity index (χ1v) is 8.45. The highest BCUT2D eigenvalue weighted by atomic mass is 32.2. The molecule has 5 nitrogen and oxygen atoms in total. The van der Waals surface area contributed by atoms with E-state index in [0.717, 1.165) is 5.56 Å². The smallest absolute Gasteiger partial charge is 0.326 e. The summed E-state index contributed by atoms with van der Waals surface area (Å²) in [6, 6.07) is 16.2. The first-order chi connectivity index (χ1) is 10.5. The number of hydrogen-bond acceptors (Lipinski definition) is 3. The maximum atomic E-state index is 12.1. The second-order valence-electron chi connectivity index (χ2n) is 4.85. The molecular formula is C16H17NO4S. The van der Waals surface area contributed by atoms with Crippen molar-refractivity contribution >= 4 is 16.0 Å². The summed E-state index contributed by atoms with van der Waals surface area (Å²) in [5, 5.41) is 9.25. The number of carboxylic acid groups (broad SMARTS) is 1. The van der Waals surface area contributed by atoms with Crippen molar-refractivity contribution in [2.24, 2.45) is 0 Å². The third-order valence-electron chi connectivity index (χ3n) is 3.18. The van der Waals surface area contributed by atoms with Gasteiger partial charge in [0.2, 0.25) is 10.0 Å². The highest BCUT2D eigenvalue weighted by molar-refractivity contribution is 7.89. The van der Waals surface area contributed by atoms with Gasteiger partial charge >= 0.3 is 5.97 Å². The van der Waals surface area contributed by atoms with Crippen LogP contribution in [0.15, 0.2) is 60.7 Å². The minimum absolute atomic E-state index is 0.159. The highest BCUT2D eigenvalue weighted by Crippen LogP contribution is 2.14. The van der Waals surface area contributed by atoms with E-state index in [9.17, 15) is 18.3 Å². The van der Waals surface area contributed by atoms with Crippen LogP contribution in [0.25, 0.3) is 0 Å². The molecule has 0 bridgehead atoms. The van der Waals surface area contributed by atoms with Crippen molar-refractivity contribution in [2.75, 3.05) is 5.75 Å². The van der Waals surface area contributed by atoms with Gasteiger partial charge in [-0.1, -0.05) is 60.7 Å². The van der Waals surface area contributed by atoms with E-state index in [1.54, 1.807) is 30.3 Å². The van der Waals surface area contributed by atoms with E-state index in [-0.39, 0.29) is 5.75 Å². The van der Waals surface area contributed by atoms with Crippen molar-refractivity contribution in [3.8, 4) is 0 Å². The molecule has 0 amide bonds. The zero-order chi connectivity index (χ0) is 16.0. The Kier molecular flexibility index (Phi) is 5.30. The number of aryl methyl sites for hydroxylation is 1. The molecule has 22 heavy (non-hydrogen) atoms. The van der Waals surface area contributed by atoms with Crippen molar-refractivity contribution in [3.05, 3.63) is 71.8 Å². The topological polar surface area (TPSA) is 83.5 Å². The lowest BCUT2D eigenvalue weighted by atomic mass is 10.1. The van der Waals surface area contributed by atoms with Crippen molar-refractivity contribution < 1.29 is 18.3 Å². The van der Waals surface area contributed by atoms with E-state index in [4.69, 9.17) is 0 Å². The van der Waals surface area contributed by atoms with Crippen LogP contribution in [0, 0.1) is 0 Å². The SMILES string of the molecule is O=C(O)[C@H](NS(=O)(=O)CCc1ccccc1)c1ccccc1. The lowest BCUT2D eigenvalue weighted by Crippen LogP contribution is -2.35. The normalized spacial score (nSPS) is 12.7. The minimum atomic E-state index is -3.70. The average molecular weight is 319 g/mol. The van der Waals surface area contributed by atoms with Crippen molar-refractivity contribution in [1.82, 2.24) is 4.72 Å². The Morgan fingerprint density at radius 1 is 1.00 bits per heavy atom. The standard InChI is InChI=1S/C16H17NO4S/c18-16(19)15(14-9-5-2-6-10-14)17-22(20,21)12-11-13-7-3-1-4-8-13/h1-10,15,17H,11-12H2,(H,18,19)/t15-/m1/s1. The van der Waals surface area contributed by atoms with Crippen LogP contribution in [0.2, 0.25) is 0 Å². The number of rotatable bonds is 7. The summed E-state index contributed by atoms with van der Waals surface area (Å²) in [6.07, 6.45) is 0.331. The molecule has 1 atom stereocenters. The van der Waals surface area contributed by atoms with E-state index < -0.39 is 22.0 Å². The summed E-state index contributed by atoms with van der Waals surface area (Å²) in [4.78, 5) is 11.3. The molecule has 0 aliphatic rings. The molecule has 2 N–H and O–H groups in total. The van der Waals surface area contributed by atoms with Gasteiger partial charge in [-0.15, -0.1) is 0 Å². The van der Waals surface area contributed by atoms with E-state index in [1.165, 1.54) is 0 Å². The second kappa shape index (κ2) is 7.20. The predicted molar refractivity (Wildman–Crippen MR) is 83.9 cm³/mol. The van der Waals surface area contributed by atoms with Crippen molar-refractivity contribution in [3.63, 3.8) is 0 Å². The summed E-state index contributed by atoms with van der Waals surface area (Å²) in [6.45, 7) is 0. The number of nitrogens with one attached hydrogen (secondary N) is 1. The fourth-order valence-corrected chi connectivity index (χ4v) is 3.26. The summed E-state index contributed by atoms with van der Waals surface area (Å²) < 4.78 is 26.5. The molecule has 0 saturated carbocycles.